The van der Waals surface area contributed by atoms with E-state index in [4.69, 9.17) is 14.2 Å². The predicted octanol–water partition coefficient (Wildman–Crippen LogP) is 9.06. The summed E-state index contributed by atoms with van der Waals surface area (Å²) in [6, 6.07) is 39.4. The summed E-state index contributed by atoms with van der Waals surface area (Å²) in [6.07, 6.45) is 0. The van der Waals surface area contributed by atoms with E-state index in [0.29, 0.717) is 0 Å². The second-order valence-corrected chi connectivity index (χ2v) is 17.0. The molecular formula is C42H36O3P2. The fourth-order valence-corrected chi connectivity index (χ4v) is 12.1. The Bertz CT molecular complexity index is 1960. The maximum Gasteiger partial charge on any atom is 0.135 e. The molecule has 0 unspecified atom stereocenters. The van der Waals surface area contributed by atoms with Gasteiger partial charge in [-0.3, -0.25) is 0 Å². The first-order chi connectivity index (χ1) is 22.7. The van der Waals surface area contributed by atoms with Gasteiger partial charge in [0.25, 0.3) is 0 Å². The van der Waals surface area contributed by atoms with Gasteiger partial charge in [0.1, 0.15) is 34.5 Å². The van der Waals surface area contributed by atoms with Gasteiger partial charge >= 0.3 is 0 Å². The highest BCUT2D eigenvalue weighted by Crippen LogP contribution is 2.50. The molecule has 6 aromatic carbocycles. The largest absolute Gasteiger partial charge is 0.456 e. The van der Waals surface area contributed by atoms with Crippen molar-refractivity contribution in [2.24, 2.45) is 0 Å². The van der Waals surface area contributed by atoms with Crippen molar-refractivity contribution in [2.45, 2.75) is 41.5 Å². The van der Waals surface area contributed by atoms with Crippen molar-refractivity contribution in [1.29, 1.82) is 0 Å². The topological polar surface area (TPSA) is 27.7 Å². The van der Waals surface area contributed by atoms with Crippen molar-refractivity contribution in [3.8, 4) is 34.5 Å². The van der Waals surface area contributed by atoms with Crippen molar-refractivity contribution < 1.29 is 14.2 Å². The lowest BCUT2D eigenvalue weighted by Gasteiger charge is -2.32. The quantitative estimate of drug-likeness (QED) is 0.178. The summed E-state index contributed by atoms with van der Waals surface area (Å²) < 4.78 is 20.2. The van der Waals surface area contributed by atoms with Gasteiger partial charge in [0, 0.05) is 31.8 Å². The van der Waals surface area contributed by atoms with Gasteiger partial charge in [-0.2, -0.15) is 0 Å². The van der Waals surface area contributed by atoms with Crippen LogP contribution in [0.4, 0.5) is 0 Å². The van der Waals surface area contributed by atoms with Crippen molar-refractivity contribution in [3.63, 3.8) is 0 Å². The molecule has 0 bridgehead atoms. The number of benzene rings is 6. The van der Waals surface area contributed by atoms with Crippen LogP contribution in [0.5, 0.6) is 34.5 Å². The third-order valence-electron chi connectivity index (χ3n) is 8.79. The van der Waals surface area contributed by atoms with Crippen molar-refractivity contribution >= 4 is 47.7 Å². The van der Waals surface area contributed by atoms with Gasteiger partial charge in [-0.05, 0) is 130 Å². The molecule has 2 aliphatic heterocycles. The molecule has 0 N–H and O–H groups in total. The average molecular weight is 651 g/mol. The van der Waals surface area contributed by atoms with Crippen LogP contribution >= 0.6 is 15.8 Å². The van der Waals surface area contributed by atoms with Crippen LogP contribution in [0.2, 0.25) is 0 Å². The first-order valence-corrected chi connectivity index (χ1v) is 18.7. The van der Waals surface area contributed by atoms with Crippen LogP contribution in [-0.4, -0.2) is 0 Å². The van der Waals surface area contributed by atoms with E-state index in [0.717, 1.165) is 34.5 Å². The fourth-order valence-electron chi connectivity index (χ4n) is 6.46. The first kappa shape index (κ1) is 29.9. The van der Waals surface area contributed by atoms with Crippen molar-refractivity contribution in [1.82, 2.24) is 0 Å². The number of ether oxygens (including phenoxy) is 3. The third kappa shape index (κ3) is 5.42. The molecule has 0 atom stereocenters. The van der Waals surface area contributed by atoms with Gasteiger partial charge in [0.05, 0.1) is 0 Å². The Morgan fingerprint density at radius 1 is 0.340 bits per heavy atom. The maximum atomic E-state index is 7.19. The summed E-state index contributed by atoms with van der Waals surface area (Å²) in [5, 5.41) is 7.28. The van der Waals surface area contributed by atoms with E-state index in [9.17, 15) is 0 Å². The van der Waals surface area contributed by atoms with E-state index in [-0.39, 0.29) is 0 Å². The number of fused-ring (bicyclic) bond motifs is 4. The summed E-state index contributed by atoms with van der Waals surface area (Å²) >= 11 is 0. The molecule has 0 saturated heterocycles. The smallest absolute Gasteiger partial charge is 0.135 e. The van der Waals surface area contributed by atoms with E-state index < -0.39 is 15.8 Å². The van der Waals surface area contributed by atoms with E-state index in [1.807, 2.05) is 0 Å². The van der Waals surface area contributed by atoms with E-state index in [2.05, 4.69) is 151 Å². The van der Waals surface area contributed by atoms with Crippen LogP contribution in [0.25, 0.3) is 0 Å². The highest BCUT2D eigenvalue weighted by Gasteiger charge is 2.34. The van der Waals surface area contributed by atoms with Gasteiger partial charge in [-0.25, -0.2) is 0 Å². The third-order valence-corrected chi connectivity index (χ3v) is 13.8. The zero-order chi connectivity index (χ0) is 32.4. The summed E-state index contributed by atoms with van der Waals surface area (Å²) in [5.74, 6) is 5.45. The Morgan fingerprint density at radius 3 is 0.894 bits per heavy atom. The Hall–Kier alpha value is -4.42. The van der Waals surface area contributed by atoms with E-state index in [1.165, 1.54) is 65.2 Å². The zero-order valence-corrected chi connectivity index (χ0v) is 29.3. The van der Waals surface area contributed by atoms with Crippen LogP contribution < -0.4 is 46.0 Å². The molecule has 0 aromatic heterocycles. The summed E-state index contributed by atoms with van der Waals surface area (Å²) in [7, 11) is -1.90. The average Bonchev–Trinajstić information content (AvgIpc) is 3.04. The van der Waals surface area contributed by atoms with Crippen LogP contribution in [0.1, 0.15) is 33.4 Å². The Kier molecular flexibility index (Phi) is 7.44. The highest BCUT2D eigenvalue weighted by atomic mass is 31.1. The van der Waals surface area contributed by atoms with Crippen LogP contribution in [0, 0.1) is 41.5 Å². The van der Waals surface area contributed by atoms with Crippen LogP contribution in [0.3, 0.4) is 0 Å². The molecule has 3 nitrogen and oxygen atoms in total. The molecule has 8 rings (SSSR count). The van der Waals surface area contributed by atoms with Crippen LogP contribution in [-0.2, 0) is 0 Å². The SMILES string of the molecule is Cc1ccc2c(c1)P(c1cc(C)ccc1Oc1ccc(C)cc1P1c3cc(C)ccc3Oc3ccc(C)cc31)c1cc(C)ccc1O2. The molecule has 0 radical (unpaired) electrons. The van der Waals surface area contributed by atoms with E-state index in [1.54, 1.807) is 0 Å². The van der Waals surface area contributed by atoms with Crippen LogP contribution in [0.15, 0.2) is 109 Å². The predicted molar refractivity (Wildman–Crippen MR) is 199 cm³/mol. The molecule has 0 saturated carbocycles. The molecule has 5 heteroatoms. The Balaban J connectivity index is 1.32. The summed E-state index contributed by atoms with van der Waals surface area (Å²) in [4.78, 5) is 0. The minimum Gasteiger partial charge on any atom is -0.456 e. The van der Waals surface area contributed by atoms with Gasteiger partial charge in [0.2, 0.25) is 0 Å². The Labute approximate surface area is 279 Å². The minimum atomic E-state index is -0.952. The fraction of sp³-hybridized carbons (Fsp3) is 0.143. The van der Waals surface area contributed by atoms with E-state index >= 15 is 0 Å². The molecular weight excluding hydrogens is 614 g/mol. The zero-order valence-electron chi connectivity index (χ0n) is 27.5. The van der Waals surface area contributed by atoms with Gasteiger partial charge in [-0.15, -0.1) is 0 Å². The lowest BCUT2D eigenvalue weighted by molar-refractivity contribution is 0.487. The number of rotatable bonds is 4. The standard InChI is InChI=1S/C42H36O3P2/c1-25-7-13-31-37(19-25)46(38-20-26(2)8-14-32(38)43-31)41-23-29(5)11-17-35(41)45-36-18-12-30(6)24-42(36)47-39-21-27(3)9-15-33(39)44-34-16-10-28(4)22-40(34)47/h7-24H,1-6H3. The second kappa shape index (κ2) is 11.7. The van der Waals surface area contributed by atoms with Crippen molar-refractivity contribution in [3.05, 3.63) is 143 Å². The minimum absolute atomic E-state index is 0.880. The normalized spacial score (nSPS) is 13.5. The first-order valence-electron chi connectivity index (χ1n) is 16.0. The van der Waals surface area contributed by atoms with Gasteiger partial charge in [-0.1, -0.05) is 69.8 Å². The molecule has 0 spiro atoms. The molecule has 6 aromatic rings. The Morgan fingerprint density at radius 2 is 0.596 bits per heavy atom. The van der Waals surface area contributed by atoms with Gasteiger partial charge in [0.15, 0.2) is 0 Å². The monoisotopic (exact) mass is 650 g/mol. The van der Waals surface area contributed by atoms with Crippen molar-refractivity contribution in [2.75, 3.05) is 0 Å². The maximum absolute atomic E-state index is 7.19. The summed E-state index contributed by atoms with van der Waals surface area (Å²) in [5.41, 5.74) is 7.29. The number of hydrogen-bond acceptors (Lipinski definition) is 3. The molecule has 0 fully saturated rings. The number of aryl methyl sites for hydroxylation is 6. The molecule has 2 heterocycles. The lowest BCUT2D eigenvalue weighted by atomic mass is 10.2. The lowest BCUT2D eigenvalue weighted by Crippen LogP contribution is -2.29. The van der Waals surface area contributed by atoms with Gasteiger partial charge < -0.3 is 14.2 Å². The molecule has 0 amide bonds. The highest BCUT2D eigenvalue weighted by molar-refractivity contribution is 7.81. The molecule has 232 valence electrons. The molecule has 2 aliphatic rings. The molecule has 47 heavy (non-hydrogen) atoms. The second-order valence-electron chi connectivity index (χ2n) is 12.8. The summed E-state index contributed by atoms with van der Waals surface area (Å²) in [6.45, 7) is 12.9. The number of hydrogen-bond donors (Lipinski definition) is 0. The molecule has 0 aliphatic carbocycles.